The quantitative estimate of drug-likeness (QED) is 0.218. The Bertz CT molecular complexity index is 1210. The smallest absolute Gasteiger partial charge is 0.127 e. The third kappa shape index (κ3) is 8.73. The van der Waals surface area contributed by atoms with Crippen LogP contribution in [-0.4, -0.2) is 0 Å². The molecule has 0 aliphatic rings. The van der Waals surface area contributed by atoms with Crippen LogP contribution in [0.25, 0.3) is 0 Å². The third-order valence-corrected chi connectivity index (χ3v) is 6.04. The zero-order chi connectivity index (χ0) is 24.9. The average molecular weight is 469 g/mol. The van der Waals surface area contributed by atoms with E-state index in [1.54, 1.807) is 0 Å². The first-order chi connectivity index (χ1) is 17.1. The van der Waals surface area contributed by atoms with Crippen molar-refractivity contribution in [3.63, 3.8) is 0 Å². The van der Waals surface area contributed by atoms with E-state index in [0.717, 1.165) is 67.2 Å². The van der Waals surface area contributed by atoms with E-state index in [0.29, 0.717) is 11.1 Å². The summed E-state index contributed by atoms with van der Waals surface area (Å²) < 4.78 is 28.7. The van der Waals surface area contributed by atoms with E-state index >= 15 is 0 Å². The van der Waals surface area contributed by atoms with Gasteiger partial charge in [0.05, 0.1) is 0 Å². The lowest BCUT2D eigenvalue weighted by atomic mass is 10.0. The lowest BCUT2D eigenvalue weighted by Crippen LogP contribution is -1.92. The highest BCUT2D eigenvalue weighted by molar-refractivity contribution is 5.48. The van der Waals surface area contributed by atoms with E-state index in [4.69, 9.17) is 0 Å². The Labute approximate surface area is 209 Å². The van der Waals surface area contributed by atoms with E-state index in [1.807, 2.05) is 48.5 Å². The van der Waals surface area contributed by atoms with Crippen LogP contribution < -0.4 is 0 Å². The summed E-state index contributed by atoms with van der Waals surface area (Å²) in [5.41, 5.74) is 4.53. The van der Waals surface area contributed by atoms with Crippen molar-refractivity contribution in [2.24, 2.45) is 0 Å². The molecule has 0 aromatic heterocycles. The fourth-order valence-electron chi connectivity index (χ4n) is 3.89. The Hall–Kier alpha value is -3.36. The summed E-state index contributed by atoms with van der Waals surface area (Å²) in [6, 6.07) is 18.1. The minimum Gasteiger partial charge on any atom is -0.207 e. The normalized spacial score (nSPS) is 10.3. The van der Waals surface area contributed by atoms with Crippen LogP contribution in [0.2, 0.25) is 0 Å². The summed E-state index contributed by atoms with van der Waals surface area (Å²) in [7, 11) is 0. The summed E-state index contributed by atoms with van der Waals surface area (Å²) in [6.07, 6.45) is 9.32. The van der Waals surface area contributed by atoms with E-state index in [-0.39, 0.29) is 11.6 Å². The molecule has 0 heterocycles. The highest BCUT2D eigenvalue weighted by Gasteiger charge is 2.04. The van der Waals surface area contributed by atoms with E-state index in [1.165, 1.54) is 25.0 Å². The number of hydrogen-bond donors (Lipinski definition) is 0. The molecule has 0 N–H and O–H groups in total. The minimum atomic E-state index is -0.181. The Kier molecular flexibility index (Phi) is 10.6. The van der Waals surface area contributed by atoms with Gasteiger partial charge in [-0.05, 0) is 85.3 Å². The summed E-state index contributed by atoms with van der Waals surface area (Å²) in [5.74, 6) is 11.9. The lowest BCUT2D eigenvalue weighted by Gasteiger charge is -2.03. The zero-order valence-corrected chi connectivity index (χ0v) is 20.9. The molecular formula is C33H34F2. The number of rotatable bonds is 9. The number of aryl methyl sites for hydroxylation is 2. The fraction of sp³-hybridized carbons (Fsp3) is 0.333. The second kappa shape index (κ2) is 14.1. The molecule has 0 nitrogen and oxygen atoms in total. The number of halogens is 2. The Morgan fingerprint density at radius 3 is 1.29 bits per heavy atom. The monoisotopic (exact) mass is 468 g/mol. The van der Waals surface area contributed by atoms with Crippen LogP contribution in [-0.2, 0) is 12.8 Å². The Morgan fingerprint density at radius 1 is 0.486 bits per heavy atom. The highest BCUT2D eigenvalue weighted by atomic mass is 19.1. The van der Waals surface area contributed by atoms with Crippen LogP contribution in [0.4, 0.5) is 8.78 Å². The molecule has 0 amide bonds. The van der Waals surface area contributed by atoms with Gasteiger partial charge in [-0.15, -0.1) is 0 Å². The first kappa shape index (κ1) is 26.2. The predicted molar refractivity (Wildman–Crippen MR) is 142 cm³/mol. The maximum Gasteiger partial charge on any atom is 0.127 e. The summed E-state index contributed by atoms with van der Waals surface area (Å²) in [4.78, 5) is 0. The predicted octanol–water partition coefficient (Wildman–Crippen LogP) is 8.62. The first-order valence-electron chi connectivity index (χ1n) is 12.8. The lowest BCUT2D eigenvalue weighted by molar-refractivity contribution is 0.593. The van der Waals surface area contributed by atoms with Crippen molar-refractivity contribution in [2.45, 2.75) is 71.6 Å². The third-order valence-electron chi connectivity index (χ3n) is 6.04. The molecule has 0 saturated carbocycles. The molecule has 0 atom stereocenters. The van der Waals surface area contributed by atoms with Gasteiger partial charge in [0.1, 0.15) is 11.6 Å². The van der Waals surface area contributed by atoms with Gasteiger partial charge in [-0.25, -0.2) is 8.78 Å². The maximum atomic E-state index is 14.4. The number of benzene rings is 3. The van der Waals surface area contributed by atoms with Gasteiger partial charge in [0, 0.05) is 22.3 Å². The molecule has 0 radical (unpaired) electrons. The van der Waals surface area contributed by atoms with Crippen molar-refractivity contribution < 1.29 is 8.78 Å². The van der Waals surface area contributed by atoms with E-state index < -0.39 is 0 Å². The maximum absolute atomic E-state index is 14.4. The fourth-order valence-corrected chi connectivity index (χ4v) is 3.89. The van der Waals surface area contributed by atoms with Crippen molar-refractivity contribution in [3.05, 3.63) is 106 Å². The van der Waals surface area contributed by atoms with Gasteiger partial charge in [0.25, 0.3) is 0 Å². The minimum absolute atomic E-state index is 0.177. The molecule has 0 aliphatic carbocycles. The second-order valence-electron chi connectivity index (χ2n) is 8.96. The zero-order valence-electron chi connectivity index (χ0n) is 20.9. The largest absolute Gasteiger partial charge is 0.207 e. The molecule has 3 aromatic carbocycles. The van der Waals surface area contributed by atoms with Crippen LogP contribution in [0.1, 0.15) is 92.2 Å². The molecule has 0 bridgehead atoms. The molecule has 0 aliphatic heterocycles. The number of unbranched alkanes of at least 4 members (excludes halogenated alkanes) is 5. The van der Waals surface area contributed by atoms with Crippen LogP contribution >= 0.6 is 0 Å². The highest BCUT2D eigenvalue weighted by Crippen LogP contribution is 2.15. The van der Waals surface area contributed by atoms with Crippen molar-refractivity contribution in [3.8, 4) is 23.7 Å². The number of hydrogen-bond acceptors (Lipinski definition) is 0. The molecule has 3 rings (SSSR count). The SMILES string of the molecule is CCCCCCc1ccc(C#Cc2ccc(C#Cc3ccc(CCCCC)c(F)c3)cc2)cc1F. The first-order valence-corrected chi connectivity index (χ1v) is 12.8. The van der Waals surface area contributed by atoms with Gasteiger partial charge < -0.3 is 0 Å². The average Bonchev–Trinajstić information content (AvgIpc) is 2.87. The van der Waals surface area contributed by atoms with Gasteiger partial charge in [-0.1, -0.05) is 81.8 Å². The Balaban J connectivity index is 1.59. The van der Waals surface area contributed by atoms with Crippen LogP contribution in [0.15, 0.2) is 60.7 Å². The Morgan fingerprint density at radius 2 is 0.857 bits per heavy atom. The van der Waals surface area contributed by atoms with Crippen molar-refractivity contribution in [2.75, 3.05) is 0 Å². The summed E-state index contributed by atoms with van der Waals surface area (Å²) in [6.45, 7) is 4.32. The second-order valence-corrected chi connectivity index (χ2v) is 8.96. The van der Waals surface area contributed by atoms with Gasteiger partial charge in [0.2, 0.25) is 0 Å². The molecule has 180 valence electrons. The standard InChI is InChI=1S/C33H34F2/c1-3-5-7-9-11-31-23-21-29(25-33(31)35)19-17-27-14-12-26(13-15-27)16-18-28-20-22-30(32(34)24-28)10-8-6-4-2/h12-15,20-25H,3-11H2,1-2H3. The molecular weight excluding hydrogens is 434 g/mol. The van der Waals surface area contributed by atoms with Crippen LogP contribution in [0, 0.1) is 35.3 Å². The van der Waals surface area contributed by atoms with Crippen molar-refractivity contribution in [1.29, 1.82) is 0 Å². The van der Waals surface area contributed by atoms with Gasteiger partial charge in [-0.3, -0.25) is 0 Å². The molecule has 35 heavy (non-hydrogen) atoms. The van der Waals surface area contributed by atoms with E-state index in [9.17, 15) is 8.78 Å². The summed E-state index contributed by atoms with van der Waals surface area (Å²) in [5, 5.41) is 0. The molecule has 2 heteroatoms. The van der Waals surface area contributed by atoms with E-state index in [2.05, 4.69) is 37.5 Å². The van der Waals surface area contributed by atoms with Gasteiger partial charge >= 0.3 is 0 Å². The topological polar surface area (TPSA) is 0 Å². The molecule has 0 fully saturated rings. The molecule has 0 saturated heterocycles. The molecule has 0 unspecified atom stereocenters. The van der Waals surface area contributed by atoms with Crippen molar-refractivity contribution >= 4 is 0 Å². The summed E-state index contributed by atoms with van der Waals surface area (Å²) >= 11 is 0. The molecule has 3 aromatic rings. The van der Waals surface area contributed by atoms with Gasteiger partial charge in [-0.2, -0.15) is 0 Å². The van der Waals surface area contributed by atoms with Crippen molar-refractivity contribution in [1.82, 2.24) is 0 Å². The molecule has 0 spiro atoms. The van der Waals surface area contributed by atoms with Crippen LogP contribution in [0.5, 0.6) is 0 Å². The van der Waals surface area contributed by atoms with Crippen LogP contribution in [0.3, 0.4) is 0 Å². The van der Waals surface area contributed by atoms with Gasteiger partial charge in [0.15, 0.2) is 0 Å².